The molecule has 0 amide bonds. The van der Waals surface area contributed by atoms with E-state index in [1.807, 2.05) is 58.9 Å². The van der Waals surface area contributed by atoms with Crippen molar-refractivity contribution in [2.24, 2.45) is 11.7 Å². The molecule has 0 spiro atoms. The topological polar surface area (TPSA) is 46.2 Å². The summed E-state index contributed by atoms with van der Waals surface area (Å²) >= 11 is 0. The third kappa shape index (κ3) is 3.62. The van der Waals surface area contributed by atoms with E-state index in [2.05, 4.69) is 0 Å². The molecule has 1 atom stereocenters. The second kappa shape index (κ2) is 6.66. The van der Waals surface area contributed by atoms with Crippen LogP contribution >= 0.6 is 0 Å². The Bertz CT molecular complexity index is 288. The normalized spacial score (nSPS) is 14.0. The molecule has 1 aromatic carbocycles. The van der Waals surface area contributed by atoms with Gasteiger partial charge in [0.1, 0.15) is 0 Å². The Morgan fingerprint density at radius 1 is 1.19 bits per heavy atom. The van der Waals surface area contributed by atoms with Crippen LogP contribution in [0, 0.1) is 5.92 Å². The number of hydrogen-bond acceptors (Lipinski definition) is 2. The fourth-order valence-electron chi connectivity index (χ4n) is 1.31. The molecule has 0 aliphatic carbocycles. The van der Waals surface area contributed by atoms with E-state index in [1.165, 1.54) is 0 Å². The van der Waals surface area contributed by atoms with Gasteiger partial charge in [-0.25, -0.2) is 0 Å². The second-order valence-corrected chi connectivity index (χ2v) is 4.20. The van der Waals surface area contributed by atoms with Gasteiger partial charge < -0.3 is 10.8 Å². The summed E-state index contributed by atoms with van der Waals surface area (Å²) in [5.41, 5.74) is 6.79. The van der Waals surface area contributed by atoms with Crippen molar-refractivity contribution in [2.75, 3.05) is 0 Å². The zero-order chi connectivity index (χ0) is 12.8. The second-order valence-electron chi connectivity index (χ2n) is 4.20. The van der Waals surface area contributed by atoms with Crippen molar-refractivity contribution >= 4 is 0 Å². The van der Waals surface area contributed by atoms with Gasteiger partial charge in [0.15, 0.2) is 0 Å². The fraction of sp³-hybridized carbons (Fsp3) is 0.571. The number of nitrogens with two attached hydrogens (primary N) is 1. The SMILES string of the molecule is CC.CC(C)C(C)(O)c1ccc(CN)cc1. The highest BCUT2D eigenvalue weighted by Crippen LogP contribution is 2.28. The van der Waals surface area contributed by atoms with Crippen LogP contribution in [-0.4, -0.2) is 5.11 Å². The lowest BCUT2D eigenvalue weighted by Crippen LogP contribution is -2.27. The Morgan fingerprint density at radius 3 is 1.94 bits per heavy atom. The first-order chi connectivity index (χ1) is 7.48. The van der Waals surface area contributed by atoms with Crippen LogP contribution in [0.25, 0.3) is 0 Å². The molecule has 0 heterocycles. The summed E-state index contributed by atoms with van der Waals surface area (Å²) in [5, 5.41) is 10.2. The average molecular weight is 223 g/mol. The first kappa shape index (κ1) is 15.1. The molecule has 0 bridgehead atoms. The van der Waals surface area contributed by atoms with Crippen LogP contribution in [0.15, 0.2) is 24.3 Å². The van der Waals surface area contributed by atoms with E-state index in [4.69, 9.17) is 5.73 Å². The molecule has 1 rings (SSSR count). The average Bonchev–Trinajstić information content (AvgIpc) is 2.31. The molecule has 3 N–H and O–H groups in total. The first-order valence-corrected chi connectivity index (χ1v) is 6.00. The predicted octanol–water partition coefficient (Wildman–Crippen LogP) is 3.04. The van der Waals surface area contributed by atoms with Crippen molar-refractivity contribution in [3.05, 3.63) is 35.4 Å². The maximum atomic E-state index is 10.2. The summed E-state index contributed by atoms with van der Waals surface area (Å²) in [4.78, 5) is 0. The first-order valence-electron chi connectivity index (χ1n) is 6.00. The molecule has 2 nitrogen and oxygen atoms in total. The highest BCUT2D eigenvalue weighted by atomic mass is 16.3. The molecule has 0 aliphatic heterocycles. The molecular formula is C14H25NO. The van der Waals surface area contributed by atoms with Crippen molar-refractivity contribution in [3.63, 3.8) is 0 Å². The molecule has 0 aliphatic rings. The monoisotopic (exact) mass is 223 g/mol. The summed E-state index contributed by atoms with van der Waals surface area (Å²) in [7, 11) is 0. The van der Waals surface area contributed by atoms with Crippen molar-refractivity contribution in [2.45, 2.75) is 46.8 Å². The Labute approximate surface area is 99.5 Å². The molecule has 0 fully saturated rings. The maximum absolute atomic E-state index is 10.2. The van der Waals surface area contributed by atoms with Crippen molar-refractivity contribution in [1.82, 2.24) is 0 Å². The van der Waals surface area contributed by atoms with Crippen LogP contribution in [0.2, 0.25) is 0 Å². The predicted molar refractivity (Wildman–Crippen MR) is 70.1 cm³/mol. The van der Waals surface area contributed by atoms with Gasteiger partial charge in [0.05, 0.1) is 5.60 Å². The van der Waals surface area contributed by atoms with Gasteiger partial charge in [0, 0.05) is 6.54 Å². The zero-order valence-electron chi connectivity index (χ0n) is 11.1. The van der Waals surface area contributed by atoms with Gasteiger partial charge in [-0.05, 0) is 24.0 Å². The van der Waals surface area contributed by atoms with Gasteiger partial charge in [-0.1, -0.05) is 52.0 Å². The molecule has 0 saturated heterocycles. The smallest absolute Gasteiger partial charge is 0.0891 e. The van der Waals surface area contributed by atoms with Gasteiger partial charge in [-0.3, -0.25) is 0 Å². The Kier molecular flexibility index (Phi) is 6.31. The maximum Gasteiger partial charge on any atom is 0.0891 e. The molecule has 16 heavy (non-hydrogen) atoms. The number of rotatable bonds is 3. The van der Waals surface area contributed by atoms with E-state index in [-0.39, 0.29) is 5.92 Å². The largest absolute Gasteiger partial charge is 0.385 e. The van der Waals surface area contributed by atoms with Crippen molar-refractivity contribution in [3.8, 4) is 0 Å². The Morgan fingerprint density at radius 2 is 1.62 bits per heavy atom. The van der Waals surface area contributed by atoms with Gasteiger partial charge in [-0.2, -0.15) is 0 Å². The highest BCUT2D eigenvalue weighted by Gasteiger charge is 2.26. The Balaban J connectivity index is 0.00000106. The highest BCUT2D eigenvalue weighted by molar-refractivity contribution is 5.27. The molecule has 0 radical (unpaired) electrons. The van der Waals surface area contributed by atoms with Gasteiger partial charge >= 0.3 is 0 Å². The van der Waals surface area contributed by atoms with Crippen LogP contribution in [0.4, 0.5) is 0 Å². The molecule has 2 heteroatoms. The summed E-state index contributed by atoms with van der Waals surface area (Å²) in [6.07, 6.45) is 0. The van der Waals surface area contributed by atoms with Crippen LogP contribution in [0.3, 0.4) is 0 Å². The van der Waals surface area contributed by atoms with E-state index in [0.29, 0.717) is 6.54 Å². The van der Waals surface area contributed by atoms with Crippen molar-refractivity contribution < 1.29 is 5.11 Å². The fourth-order valence-corrected chi connectivity index (χ4v) is 1.31. The third-order valence-corrected chi connectivity index (χ3v) is 2.90. The quantitative estimate of drug-likeness (QED) is 0.827. The van der Waals surface area contributed by atoms with E-state index < -0.39 is 5.60 Å². The lowest BCUT2D eigenvalue weighted by molar-refractivity contribution is 0.00904. The molecule has 1 unspecified atom stereocenters. The lowest BCUT2D eigenvalue weighted by Gasteiger charge is -2.28. The zero-order valence-corrected chi connectivity index (χ0v) is 11.1. The van der Waals surface area contributed by atoms with Crippen LogP contribution in [0.5, 0.6) is 0 Å². The number of aliphatic hydroxyl groups is 1. The van der Waals surface area contributed by atoms with E-state index >= 15 is 0 Å². The summed E-state index contributed by atoms with van der Waals surface area (Å²) in [6, 6.07) is 7.82. The third-order valence-electron chi connectivity index (χ3n) is 2.90. The van der Waals surface area contributed by atoms with Crippen molar-refractivity contribution in [1.29, 1.82) is 0 Å². The minimum atomic E-state index is -0.757. The summed E-state index contributed by atoms with van der Waals surface area (Å²) < 4.78 is 0. The molecular weight excluding hydrogens is 198 g/mol. The minimum absolute atomic E-state index is 0.200. The number of hydrogen-bond donors (Lipinski definition) is 2. The van der Waals surface area contributed by atoms with Gasteiger partial charge in [-0.15, -0.1) is 0 Å². The molecule has 1 aromatic rings. The van der Waals surface area contributed by atoms with Crippen LogP contribution in [-0.2, 0) is 12.1 Å². The van der Waals surface area contributed by atoms with E-state index in [0.717, 1.165) is 11.1 Å². The lowest BCUT2D eigenvalue weighted by atomic mass is 9.85. The number of benzene rings is 1. The van der Waals surface area contributed by atoms with Crippen LogP contribution < -0.4 is 5.73 Å². The van der Waals surface area contributed by atoms with E-state index in [1.54, 1.807) is 0 Å². The van der Waals surface area contributed by atoms with E-state index in [9.17, 15) is 5.11 Å². The standard InChI is InChI=1S/C12H19NO.C2H6/c1-9(2)12(3,14)11-6-4-10(8-13)5-7-11;1-2/h4-7,9,14H,8,13H2,1-3H3;1-2H3. The summed E-state index contributed by atoms with van der Waals surface area (Å²) in [5.74, 6) is 0.200. The Hall–Kier alpha value is -0.860. The minimum Gasteiger partial charge on any atom is -0.385 e. The molecule has 0 aromatic heterocycles. The molecule has 92 valence electrons. The van der Waals surface area contributed by atoms with Gasteiger partial charge in [0.2, 0.25) is 0 Å². The van der Waals surface area contributed by atoms with Crippen LogP contribution in [0.1, 0.15) is 45.7 Å². The van der Waals surface area contributed by atoms with Gasteiger partial charge in [0.25, 0.3) is 0 Å². The summed E-state index contributed by atoms with van der Waals surface area (Å²) in [6.45, 7) is 10.4. The molecule has 0 saturated carbocycles.